The molecule has 9 heteroatoms. The number of piperazine rings is 1. The largest absolute Gasteiger partial charge is 0.314 e. The lowest BCUT2D eigenvalue weighted by molar-refractivity contribution is 0.245. The van der Waals surface area contributed by atoms with Crippen LogP contribution in [0.25, 0.3) is 0 Å². The zero-order valence-corrected chi connectivity index (χ0v) is 14.6. The van der Waals surface area contributed by atoms with Crippen LogP contribution in [-0.2, 0) is 10.0 Å². The van der Waals surface area contributed by atoms with Gasteiger partial charge in [0.05, 0.1) is 5.02 Å². The SMILES string of the molecule is Cl.Cl.O=S(=O)(NCCN1CCNCC1)c1ccccc1Cl. The van der Waals surface area contributed by atoms with E-state index in [1.54, 1.807) is 18.2 Å². The van der Waals surface area contributed by atoms with Crippen molar-refractivity contribution >= 4 is 46.4 Å². The molecule has 0 radical (unpaired) electrons. The molecular formula is C12H20Cl3N3O2S. The summed E-state index contributed by atoms with van der Waals surface area (Å²) in [6.07, 6.45) is 0. The minimum Gasteiger partial charge on any atom is -0.314 e. The van der Waals surface area contributed by atoms with Gasteiger partial charge in [-0.05, 0) is 12.1 Å². The Morgan fingerprint density at radius 1 is 1.19 bits per heavy atom. The van der Waals surface area contributed by atoms with Gasteiger partial charge in [0.2, 0.25) is 10.0 Å². The monoisotopic (exact) mass is 375 g/mol. The van der Waals surface area contributed by atoms with Gasteiger partial charge in [-0.15, -0.1) is 24.8 Å². The van der Waals surface area contributed by atoms with Crippen molar-refractivity contribution in [3.63, 3.8) is 0 Å². The molecule has 2 rings (SSSR count). The van der Waals surface area contributed by atoms with Crippen molar-refractivity contribution in [2.75, 3.05) is 39.3 Å². The highest BCUT2D eigenvalue weighted by Gasteiger charge is 2.17. The van der Waals surface area contributed by atoms with Crippen LogP contribution >= 0.6 is 36.4 Å². The molecule has 0 aromatic heterocycles. The van der Waals surface area contributed by atoms with Gasteiger partial charge in [-0.25, -0.2) is 13.1 Å². The number of hydrogen-bond acceptors (Lipinski definition) is 4. The van der Waals surface area contributed by atoms with E-state index in [0.717, 1.165) is 26.2 Å². The topological polar surface area (TPSA) is 61.4 Å². The van der Waals surface area contributed by atoms with E-state index < -0.39 is 10.0 Å². The molecule has 0 saturated carbocycles. The molecule has 122 valence electrons. The van der Waals surface area contributed by atoms with E-state index in [2.05, 4.69) is 14.9 Å². The van der Waals surface area contributed by atoms with Crippen LogP contribution in [0, 0.1) is 0 Å². The van der Waals surface area contributed by atoms with Gasteiger partial charge in [0.15, 0.2) is 0 Å². The highest BCUT2D eigenvalue weighted by atomic mass is 35.5. The second-order valence-corrected chi connectivity index (χ2v) is 6.56. The molecule has 1 aromatic rings. The van der Waals surface area contributed by atoms with Gasteiger partial charge in [0.1, 0.15) is 4.90 Å². The predicted molar refractivity (Wildman–Crippen MR) is 90.4 cm³/mol. The molecule has 5 nitrogen and oxygen atoms in total. The Balaban J connectivity index is 0.00000200. The number of sulfonamides is 1. The van der Waals surface area contributed by atoms with E-state index in [4.69, 9.17) is 11.6 Å². The van der Waals surface area contributed by atoms with E-state index >= 15 is 0 Å². The fourth-order valence-corrected chi connectivity index (χ4v) is 3.55. The average molecular weight is 377 g/mol. The Morgan fingerprint density at radius 2 is 1.81 bits per heavy atom. The Labute approximate surface area is 143 Å². The number of halogens is 3. The smallest absolute Gasteiger partial charge is 0.242 e. The summed E-state index contributed by atoms with van der Waals surface area (Å²) in [4.78, 5) is 2.36. The highest BCUT2D eigenvalue weighted by molar-refractivity contribution is 7.89. The Kier molecular flexibility index (Phi) is 9.80. The highest BCUT2D eigenvalue weighted by Crippen LogP contribution is 2.19. The fourth-order valence-electron chi connectivity index (χ4n) is 2.01. The van der Waals surface area contributed by atoms with Gasteiger partial charge in [-0.2, -0.15) is 0 Å². The second kappa shape index (κ2) is 9.84. The molecule has 21 heavy (non-hydrogen) atoms. The number of nitrogens with zero attached hydrogens (tertiary/aromatic N) is 1. The Hall–Kier alpha value is -0.0800. The molecule has 0 amide bonds. The first kappa shape index (κ1) is 20.9. The standard InChI is InChI=1S/C12H18ClN3O2S.2ClH/c13-11-3-1-2-4-12(11)19(17,18)15-7-10-16-8-5-14-6-9-16;;/h1-4,14-15H,5-10H2;2*1H. The van der Waals surface area contributed by atoms with Gasteiger partial charge in [-0.3, -0.25) is 4.90 Å². The maximum absolute atomic E-state index is 12.1. The van der Waals surface area contributed by atoms with Gasteiger partial charge in [0, 0.05) is 39.3 Å². The number of benzene rings is 1. The fraction of sp³-hybridized carbons (Fsp3) is 0.500. The van der Waals surface area contributed by atoms with E-state index in [0.29, 0.717) is 13.1 Å². The Bertz CT molecular complexity index is 522. The summed E-state index contributed by atoms with van der Waals surface area (Å²) in [5.74, 6) is 0. The first-order chi connectivity index (χ1) is 9.09. The van der Waals surface area contributed by atoms with Gasteiger partial charge in [0.25, 0.3) is 0 Å². The zero-order chi connectivity index (χ0) is 13.7. The average Bonchev–Trinajstić information content (AvgIpc) is 2.40. The quantitative estimate of drug-likeness (QED) is 0.815. The molecule has 1 heterocycles. The van der Waals surface area contributed by atoms with Crippen LogP contribution < -0.4 is 10.0 Å². The summed E-state index contributed by atoms with van der Waals surface area (Å²) >= 11 is 5.90. The van der Waals surface area contributed by atoms with Crippen LogP contribution in [0.3, 0.4) is 0 Å². The van der Waals surface area contributed by atoms with Crippen LogP contribution in [0.15, 0.2) is 29.2 Å². The van der Waals surface area contributed by atoms with E-state index in [1.165, 1.54) is 6.07 Å². The molecule has 1 fully saturated rings. The third-order valence-electron chi connectivity index (χ3n) is 3.06. The number of nitrogens with one attached hydrogen (secondary N) is 2. The summed E-state index contributed by atoms with van der Waals surface area (Å²) in [6.45, 7) is 4.93. The van der Waals surface area contributed by atoms with Crippen LogP contribution in [0.2, 0.25) is 5.02 Å². The second-order valence-electron chi connectivity index (χ2n) is 4.42. The van der Waals surface area contributed by atoms with Gasteiger partial charge >= 0.3 is 0 Å². The van der Waals surface area contributed by atoms with Crippen LogP contribution in [-0.4, -0.2) is 52.6 Å². The molecule has 1 saturated heterocycles. The molecule has 1 aromatic carbocycles. The minimum absolute atomic E-state index is 0. The minimum atomic E-state index is -3.52. The zero-order valence-electron chi connectivity index (χ0n) is 11.4. The molecule has 2 N–H and O–H groups in total. The summed E-state index contributed by atoms with van der Waals surface area (Å²) in [6, 6.07) is 6.46. The van der Waals surface area contributed by atoms with Crippen LogP contribution in [0.4, 0.5) is 0 Å². The van der Waals surface area contributed by atoms with Crippen LogP contribution in [0.5, 0.6) is 0 Å². The first-order valence-electron chi connectivity index (χ1n) is 6.27. The summed E-state index contributed by atoms with van der Waals surface area (Å²) in [5.41, 5.74) is 0. The normalized spacial score (nSPS) is 15.9. The number of rotatable bonds is 5. The van der Waals surface area contributed by atoms with Crippen molar-refractivity contribution in [2.45, 2.75) is 4.90 Å². The van der Waals surface area contributed by atoms with Crippen molar-refractivity contribution in [3.8, 4) is 0 Å². The molecule has 1 aliphatic rings. The predicted octanol–water partition coefficient (Wildman–Crippen LogP) is 1.37. The molecule has 0 spiro atoms. The van der Waals surface area contributed by atoms with Gasteiger partial charge < -0.3 is 5.32 Å². The van der Waals surface area contributed by atoms with Crippen molar-refractivity contribution in [2.24, 2.45) is 0 Å². The van der Waals surface area contributed by atoms with Gasteiger partial charge in [-0.1, -0.05) is 23.7 Å². The maximum atomic E-state index is 12.1. The van der Waals surface area contributed by atoms with Crippen molar-refractivity contribution in [1.82, 2.24) is 14.9 Å². The lowest BCUT2D eigenvalue weighted by Crippen LogP contribution is -2.46. The van der Waals surface area contributed by atoms with E-state index in [1.807, 2.05) is 0 Å². The molecule has 0 bridgehead atoms. The van der Waals surface area contributed by atoms with E-state index in [-0.39, 0.29) is 34.7 Å². The molecular weight excluding hydrogens is 357 g/mol. The molecule has 0 aliphatic carbocycles. The lowest BCUT2D eigenvalue weighted by atomic mass is 10.3. The van der Waals surface area contributed by atoms with Crippen molar-refractivity contribution in [3.05, 3.63) is 29.3 Å². The lowest BCUT2D eigenvalue weighted by Gasteiger charge is -2.27. The first-order valence-corrected chi connectivity index (χ1v) is 8.13. The van der Waals surface area contributed by atoms with E-state index in [9.17, 15) is 8.42 Å². The third-order valence-corrected chi connectivity index (χ3v) is 5.02. The Morgan fingerprint density at radius 3 is 2.43 bits per heavy atom. The third kappa shape index (κ3) is 6.28. The number of hydrogen-bond donors (Lipinski definition) is 2. The molecule has 1 aliphatic heterocycles. The van der Waals surface area contributed by atoms with Crippen molar-refractivity contribution < 1.29 is 8.42 Å². The molecule has 0 atom stereocenters. The summed E-state index contributed by atoms with van der Waals surface area (Å²) in [5, 5.41) is 3.50. The maximum Gasteiger partial charge on any atom is 0.242 e. The summed E-state index contributed by atoms with van der Waals surface area (Å²) in [7, 11) is -3.52. The summed E-state index contributed by atoms with van der Waals surface area (Å²) < 4.78 is 26.7. The van der Waals surface area contributed by atoms with Crippen molar-refractivity contribution in [1.29, 1.82) is 0 Å². The van der Waals surface area contributed by atoms with Crippen LogP contribution in [0.1, 0.15) is 0 Å². The molecule has 0 unspecified atom stereocenters.